The number of carbonyl (C=O) groups is 4. The topological polar surface area (TPSA) is 237 Å². The summed E-state index contributed by atoms with van der Waals surface area (Å²) in [5.74, 6) is -2.24. The van der Waals surface area contributed by atoms with Crippen LogP contribution in [-0.2, 0) is 65.4 Å². The van der Waals surface area contributed by atoms with Gasteiger partial charge in [-0.2, -0.15) is 0 Å². The first kappa shape index (κ1) is 97.5. The Kier molecular flexibility index (Phi) is 71.4. The maximum absolute atomic E-state index is 13.1. The first-order chi connectivity index (χ1) is 49.7. The fourth-order valence-electron chi connectivity index (χ4n) is 10.3. The minimum atomic E-state index is -4.99. The molecule has 0 aromatic rings. The monoisotopic (exact) mass is 1470 g/mol. The second-order valence-corrected chi connectivity index (χ2v) is 29.2. The number of ether oxygens (including phenoxy) is 4. The molecule has 17 nitrogen and oxygen atoms in total. The molecule has 0 aliphatic carbocycles. The van der Waals surface area contributed by atoms with Crippen LogP contribution in [0.25, 0.3) is 0 Å². The smallest absolute Gasteiger partial charge is 0.462 e. The molecule has 3 N–H and O–H groups in total. The second kappa shape index (κ2) is 74.7. The Morgan fingerprint density at radius 1 is 0.284 bits per heavy atom. The van der Waals surface area contributed by atoms with Gasteiger partial charge in [0.2, 0.25) is 0 Å². The minimum absolute atomic E-state index is 0.0706. The Morgan fingerprint density at radius 2 is 0.510 bits per heavy atom. The molecule has 19 heteroatoms. The molecule has 0 rings (SSSR count). The van der Waals surface area contributed by atoms with Crippen LogP contribution >= 0.6 is 15.6 Å². The Hall–Kier alpha value is -4.54. The van der Waals surface area contributed by atoms with Gasteiger partial charge in [0.15, 0.2) is 12.2 Å². The lowest BCUT2D eigenvalue weighted by molar-refractivity contribution is -0.161. The summed E-state index contributed by atoms with van der Waals surface area (Å²) in [6.45, 7) is 4.62. The van der Waals surface area contributed by atoms with Gasteiger partial charge in [-0.25, -0.2) is 9.13 Å². The van der Waals surface area contributed by atoms with Gasteiger partial charge >= 0.3 is 39.5 Å². The molecule has 5 unspecified atom stereocenters. The highest BCUT2D eigenvalue weighted by Crippen LogP contribution is 2.45. The van der Waals surface area contributed by atoms with Crippen LogP contribution in [-0.4, -0.2) is 96.7 Å². The standard InChI is InChI=1S/C83H142O17P2/c1-5-9-13-17-21-25-29-33-37-38-42-44-48-52-56-60-64-68-81(86)94-74-79(100-83(88)70-66-62-58-54-50-46-41-36-32-28-24-20-16-12-8-4)76-98-102(91,92)96-72-77(84)71-95-101(89,90)97-75-78(99-82(87)69-65-61-57-53-49-45-40-35-31-27-23-19-15-11-7-3)73-93-80(85)67-63-59-55-51-47-43-39-34-30-26-22-18-14-10-6-2/h9,13,21-28,33-37,39-42,44,77-79,84H,5-8,10-12,14-20,29-32,38,43,45-76H2,1-4H3,(H,89,90)(H,91,92)/b13-9-,25-21-,26-22-,27-23-,28-24-,37-33-,39-34-,40-35-,41-36-,44-42-. The lowest BCUT2D eigenvalue weighted by atomic mass is 10.1. The number of unbranched alkanes of at least 4 members (excludes halogenated alkanes) is 28. The Labute approximate surface area is 619 Å². The van der Waals surface area contributed by atoms with E-state index in [1.165, 1.54) is 57.8 Å². The molecule has 0 bridgehead atoms. The van der Waals surface area contributed by atoms with Gasteiger partial charge in [0, 0.05) is 25.7 Å². The third-order valence-electron chi connectivity index (χ3n) is 16.4. The quantitative estimate of drug-likeness (QED) is 0.0169. The SMILES string of the molecule is CC/C=C\C/C=C\C/C=C\C/C=C\CCCCCCC(=O)OCC(COP(=O)(O)OCC(O)COP(=O)(O)OCC(COC(=O)CCCCCCC/C=C\C/C=C\CCCCC)OC(=O)CCCCCCC/C=C\C/C=C\CCCCC)OC(=O)CCCCCCC/C=C\C/C=C\CCCCC. The van der Waals surface area contributed by atoms with Crippen LogP contribution in [0.3, 0.4) is 0 Å². The van der Waals surface area contributed by atoms with E-state index >= 15 is 0 Å². The highest BCUT2D eigenvalue weighted by Gasteiger charge is 2.30. The van der Waals surface area contributed by atoms with Crippen LogP contribution in [0, 0.1) is 0 Å². The summed E-state index contributed by atoms with van der Waals surface area (Å²) >= 11 is 0. The molecule has 0 radical (unpaired) electrons. The number of hydrogen-bond donors (Lipinski definition) is 3. The van der Waals surface area contributed by atoms with E-state index in [1.807, 2.05) is 0 Å². The van der Waals surface area contributed by atoms with Crippen molar-refractivity contribution in [3.63, 3.8) is 0 Å². The summed E-state index contributed by atoms with van der Waals surface area (Å²) in [6.07, 6.45) is 81.7. The number of phosphoric ester groups is 2. The Balaban J connectivity index is 5.42. The number of allylic oxidation sites excluding steroid dienone is 20. The van der Waals surface area contributed by atoms with E-state index < -0.39 is 97.5 Å². The highest BCUT2D eigenvalue weighted by molar-refractivity contribution is 7.47. The molecule has 0 heterocycles. The van der Waals surface area contributed by atoms with Crippen molar-refractivity contribution in [2.75, 3.05) is 39.6 Å². The highest BCUT2D eigenvalue weighted by atomic mass is 31.2. The number of esters is 4. The third-order valence-corrected chi connectivity index (χ3v) is 18.3. The Bertz CT molecular complexity index is 2410. The zero-order chi connectivity index (χ0) is 74.6. The summed E-state index contributed by atoms with van der Waals surface area (Å²) in [5, 5.41) is 10.6. The third kappa shape index (κ3) is 73.8. The van der Waals surface area contributed by atoms with Crippen molar-refractivity contribution in [2.45, 2.75) is 341 Å². The van der Waals surface area contributed by atoms with Gasteiger partial charge in [0.25, 0.3) is 0 Å². The molecule has 102 heavy (non-hydrogen) atoms. The molecule has 586 valence electrons. The van der Waals surface area contributed by atoms with Gasteiger partial charge in [-0.1, -0.05) is 258 Å². The van der Waals surface area contributed by atoms with Crippen molar-refractivity contribution < 1.29 is 80.2 Å². The van der Waals surface area contributed by atoms with E-state index in [2.05, 4.69) is 149 Å². The lowest BCUT2D eigenvalue weighted by Gasteiger charge is -2.21. The molecule has 0 aromatic heterocycles. The van der Waals surface area contributed by atoms with E-state index in [4.69, 9.17) is 37.0 Å². The number of aliphatic hydroxyl groups is 1. The van der Waals surface area contributed by atoms with E-state index in [9.17, 15) is 43.2 Å². The fourth-order valence-corrected chi connectivity index (χ4v) is 11.9. The van der Waals surface area contributed by atoms with Crippen molar-refractivity contribution in [3.8, 4) is 0 Å². The van der Waals surface area contributed by atoms with Crippen LogP contribution in [0.4, 0.5) is 0 Å². The van der Waals surface area contributed by atoms with Gasteiger partial charge in [0.05, 0.1) is 26.4 Å². The molecule has 0 spiro atoms. The first-order valence-corrected chi connectivity index (χ1v) is 42.8. The zero-order valence-electron chi connectivity index (χ0n) is 64.0. The summed E-state index contributed by atoms with van der Waals surface area (Å²) < 4.78 is 68.6. The Morgan fingerprint density at radius 3 is 0.784 bits per heavy atom. The van der Waals surface area contributed by atoms with Crippen molar-refractivity contribution >= 4 is 39.5 Å². The van der Waals surface area contributed by atoms with E-state index in [0.717, 1.165) is 186 Å². The molecule has 0 aliphatic rings. The predicted octanol–water partition coefficient (Wildman–Crippen LogP) is 23.1. The summed E-state index contributed by atoms with van der Waals surface area (Å²) in [5.41, 5.74) is 0. The first-order valence-electron chi connectivity index (χ1n) is 39.8. The zero-order valence-corrected chi connectivity index (χ0v) is 65.8. The predicted molar refractivity (Wildman–Crippen MR) is 418 cm³/mol. The summed E-state index contributed by atoms with van der Waals surface area (Å²) in [7, 11) is -9.98. The average Bonchev–Trinajstić information content (AvgIpc) is 0.923. The van der Waals surface area contributed by atoms with Crippen LogP contribution in [0.2, 0.25) is 0 Å². The number of rotatable bonds is 74. The molecule has 0 saturated carbocycles. The van der Waals surface area contributed by atoms with E-state index in [1.54, 1.807) is 0 Å². The van der Waals surface area contributed by atoms with E-state index in [-0.39, 0.29) is 25.7 Å². The molecule has 0 aliphatic heterocycles. The lowest BCUT2D eigenvalue weighted by Crippen LogP contribution is -2.30. The van der Waals surface area contributed by atoms with Gasteiger partial charge in [0.1, 0.15) is 19.3 Å². The van der Waals surface area contributed by atoms with Crippen LogP contribution < -0.4 is 0 Å². The largest absolute Gasteiger partial charge is 0.472 e. The van der Waals surface area contributed by atoms with Crippen molar-refractivity contribution in [1.29, 1.82) is 0 Å². The number of aliphatic hydroxyl groups excluding tert-OH is 1. The van der Waals surface area contributed by atoms with E-state index in [0.29, 0.717) is 25.7 Å². The number of carbonyl (C=O) groups excluding carboxylic acids is 4. The minimum Gasteiger partial charge on any atom is -0.462 e. The van der Waals surface area contributed by atoms with Crippen LogP contribution in [0.5, 0.6) is 0 Å². The molecular formula is C83H142O17P2. The van der Waals surface area contributed by atoms with Crippen LogP contribution in [0.15, 0.2) is 122 Å². The molecule has 5 atom stereocenters. The van der Waals surface area contributed by atoms with Crippen molar-refractivity contribution in [3.05, 3.63) is 122 Å². The molecule has 0 aromatic carbocycles. The van der Waals surface area contributed by atoms with Crippen LogP contribution in [0.1, 0.15) is 323 Å². The molecule has 0 saturated heterocycles. The van der Waals surface area contributed by atoms with Gasteiger partial charge in [-0.15, -0.1) is 0 Å². The normalized spacial score (nSPS) is 14.5. The second-order valence-electron chi connectivity index (χ2n) is 26.3. The average molecular weight is 1470 g/mol. The number of phosphoric acid groups is 2. The molecule has 0 fully saturated rings. The van der Waals surface area contributed by atoms with Crippen molar-refractivity contribution in [1.82, 2.24) is 0 Å². The maximum Gasteiger partial charge on any atom is 0.472 e. The number of hydrogen-bond acceptors (Lipinski definition) is 15. The molecular weight excluding hydrogens is 1330 g/mol. The van der Waals surface area contributed by atoms with Gasteiger partial charge in [-0.05, 0) is 161 Å². The van der Waals surface area contributed by atoms with Crippen molar-refractivity contribution in [2.24, 2.45) is 0 Å². The fraction of sp³-hybridized carbons (Fsp3) is 0.711. The molecule has 0 amide bonds. The summed E-state index contributed by atoms with van der Waals surface area (Å²) in [4.78, 5) is 73.0. The van der Waals surface area contributed by atoms with Gasteiger partial charge < -0.3 is 33.8 Å². The summed E-state index contributed by atoms with van der Waals surface area (Å²) in [6, 6.07) is 0. The van der Waals surface area contributed by atoms with Gasteiger partial charge in [-0.3, -0.25) is 37.3 Å². The maximum atomic E-state index is 13.1.